The monoisotopic (exact) mass is 312 g/mol. The van der Waals surface area contributed by atoms with E-state index in [4.69, 9.17) is 25.5 Å². The molecule has 0 spiro atoms. The number of nitrogens with one attached hydrogen (secondary N) is 1. The summed E-state index contributed by atoms with van der Waals surface area (Å²) in [6, 6.07) is 2.79. The topological polar surface area (TPSA) is 113 Å². The number of halogens is 4. The van der Waals surface area contributed by atoms with Crippen LogP contribution in [0, 0.1) is 5.82 Å². The Kier molecular flexibility index (Phi) is 7.14. The van der Waals surface area contributed by atoms with E-state index in [1.807, 2.05) is 0 Å². The fourth-order valence-electron chi connectivity index (χ4n) is 1.02. The molecule has 1 unspecified atom stereocenters. The molecule has 0 aliphatic heterocycles. The van der Waals surface area contributed by atoms with Crippen LogP contribution in [0.1, 0.15) is 0 Å². The molecule has 0 heterocycles. The average molecular weight is 312 g/mol. The molecule has 5 N–H and O–H groups in total. The van der Waals surface area contributed by atoms with Crippen molar-refractivity contribution in [2.24, 2.45) is 5.73 Å². The predicted molar refractivity (Wildman–Crippen MR) is 64.2 cm³/mol. The molecule has 0 radical (unpaired) electrons. The van der Waals surface area contributed by atoms with Gasteiger partial charge in [0.05, 0.1) is 0 Å². The minimum Gasteiger partial charge on any atom is -0.473 e. The van der Waals surface area contributed by atoms with Crippen LogP contribution in [-0.2, 0) is 9.59 Å². The van der Waals surface area contributed by atoms with Crippen LogP contribution in [0.25, 0.3) is 0 Å². The molecular formula is C11H12F4N2O4. The second-order valence-corrected chi connectivity index (χ2v) is 3.59. The molecule has 21 heavy (non-hydrogen) atoms. The number of benzene rings is 1. The summed E-state index contributed by atoms with van der Waals surface area (Å²) in [7, 11) is 0. The molecule has 118 valence electrons. The van der Waals surface area contributed by atoms with E-state index in [0.29, 0.717) is 0 Å². The van der Waals surface area contributed by atoms with Gasteiger partial charge in [0.2, 0.25) is 0 Å². The van der Waals surface area contributed by atoms with Crippen molar-refractivity contribution in [2.75, 3.05) is 11.9 Å². The minimum atomic E-state index is -4.41. The lowest BCUT2D eigenvalue weighted by Gasteiger charge is -2.20. The molecular weight excluding hydrogens is 300 g/mol. The Morgan fingerprint density at radius 2 is 1.57 bits per heavy atom. The molecule has 1 aromatic rings. The van der Waals surface area contributed by atoms with Gasteiger partial charge in [0.25, 0.3) is 0 Å². The Bertz CT molecular complexity index is 464. The van der Waals surface area contributed by atoms with Gasteiger partial charge >= 0.3 is 18.1 Å². The summed E-state index contributed by atoms with van der Waals surface area (Å²) < 4.78 is 49.3. The lowest BCUT2D eigenvalue weighted by atomic mass is 10.2. The fraction of sp³-hybridized carbons (Fsp3) is 0.273. The van der Waals surface area contributed by atoms with E-state index in [9.17, 15) is 17.6 Å². The molecule has 0 aromatic heterocycles. The third-order valence-electron chi connectivity index (χ3n) is 2.00. The quantitative estimate of drug-likeness (QED) is 0.494. The second kappa shape index (κ2) is 8.04. The van der Waals surface area contributed by atoms with Gasteiger partial charge in [-0.05, 0) is 24.3 Å². The van der Waals surface area contributed by atoms with Crippen molar-refractivity contribution in [1.29, 1.82) is 0 Å². The number of hydrogen-bond donors (Lipinski definition) is 4. The van der Waals surface area contributed by atoms with Crippen LogP contribution in [0.15, 0.2) is 24.3 Å². The van der Waals surface area contributed by atoms with Crippen LogP contribution in [-0.4, -0.2) is 40.9 Å². The first kappa shape index (κ1) is 18.6. The van der Waals surface area contributed by atoms with Crippen molar-refractivity contribution in [3.63, 3.8) is 0 Å². The summed E-state index contributed by atoms with van der Waals surface area (Å²) in [6.07, 6.45) is -4.41. The number of carbonyl (C=O) groups is 2. The van der Waals surface area contributed by atoms with Crippen molar-refractivity contribution in [3.8, 4) is 0 Å². The van der Waals surface area contributed by atoms with Gasteiger partial charge in [0.1, 0.15) is 11.9 Å². The number of rotatable bonds is 3. The van der Waals surface area contributed by atoms with Gasteiger partial charge in [-0.2, -0.15) is 13.2 Å². The number of hydrogen-bond acceptors (Lipinski definition) is 4. The number of aliphatic carboxylic acids is 2. The SMILES string of the molecule is NCC(Nc1ccc(F)cc1)C(F)(F)F.O=C(O)C(=O)O. The van der Waals surface area contributed by atoms with Crippen molar-refractivity contribution >= 4 is 17.6 Å². The van der Waals surface area contributed by atoms with Crippen LogP contribution in [0.3, 0.4) is 0 Å². The Morgan fingerprint density at radius 3 is 1.86 bits per heavy atom. The van der Waals surface area contributed by atoms with Crippen molar-refractivity contribution in [3.05, 3.63) is 30.1 Å². The lowest BCUT2D eigenvalue weighted by Crippen LogP contribution is -2.42. The first-order chi connectivity index (χ1) is 9.57. The summed E-state index contributed by atoms with van der Waals surface area (Å²) in [6.45, 7) is -0.569. The Balaban J connectivity index is 0.000000567. The van der Waals surface area contributed by atoms with Crippen molar-refractivity contribution in [2.45, 2.75) is 12.2 Å². The summed E-state index contributed by atoms with van der Waals surface area (Å²) in [5.74, 6) is -4.15. The molecule has 1 aromatic carbocycles. The summed E-state index contributed by atoms with van der Waals surface area (Å²) in [4.78, 5) is 18.2. The minimum absolute atomic E-state index is 0.184. The normalized spacial score (nSPS) is 11.9. The third-order valence-corrected chi connectivity index (χ3v) is 2.00. The van der Waals surface area contributed by atoms with Gasteiger partial charge in [-0.3, -0.25) is 0 Å². The van der Waals surface area contributed by atoms with Crippen LogP contribution >= 0.6 is 0 Å². The van der Waals surface area contributed by atoms with E-state index < -0.39 is 36.5 Å². The molecule has 0 aliphatic carbocycles. The van der Waals surface area contributed by atoms with Gasteiger partial charge in [-0.15, -0.1) is 0 Å². The molecule has 6 nitrogen and oxygen atoms in total. The number of alkyl halides is 3. The van der Waals surface area contributed by atoms with E-state index in [-0.39, 0.29) is 5.69 Å². The highest BCUT2D eigenvalue weighted by atomic mass is 19.4. The zero-order valence-corrected chi connectivity index (χ0v) is 10.4. The highest BCUT2D eigenvalue weighted by Gasteiger charge is 2.38. The van der Waals surface area contributed by atoms with Crippen molar-refractivity contribution in [1.82, 2.24) is 0 Å². The van der Waals surface area contributed by atoms with Crippen LogP contribution in [0.4, 0.5) is 23.2 Å². The van der Waals surface area contributed by atoms with Crippen LogP contribution < -0.4 is 11.1 Å². The zero-order valence-electron chi connectivity index (χ0n) is 10.4. The summed E-state index contributed by atoms with van der Waals surface area (Å²) >= 11 is 0. The fourth-order valence-corrected chi connectivity index (χ4v) is 1.02. The summed E-state index contributed by atoms with van der Waals surface area (Å²) in [5, 5.41) is 17.0. The third kappa shape index (κ3) is 7.72. The highest BCUT2D eigenvalue weighted by molar-refractivity contribution is 6.27. The number of carboxylic acids is 2. The van der Waals surface area contributed by atoms with Gasteiger partial charge in [-0.25, -0.2) is 14.0 Å². The molecule has 0 amide bonds. The predicted octanol–water partition coefficient (Wildman–Crippen LogP) is 1.28. The maximum absolute atomic E-state index is 12.5. The Morgan fingerprint density at radius 1 is 1.14 bits per heavy atom. The van der Waals surface area contributed by atoms with E-state index >= 15 is 0 Å². The molecule has 1 rings (SSSR count). The second-order valence-electron chi connectivity index (χ2n) is 3.59. The Labute approximate surface area is 116 Å². The first-order valence-electron chi connectivity index (χ1n) is 5.33. The zero-order chi connectivity index (χ0) is 16.6. The van der Waals surface area contributed by atoms with E-state index in [0.717, 1.165) is 12.1 Å². The van der Waals surface area contributed by atoms with Gasteiger partial charge in [-0.1, -0.05) is 0 Å². The Hall–Kier alpha value is -2.36. The largest absolute Gasteiger partial charge is 0.473 e. The molecule has 0 saturated carbocycles. The number of anilines is 1. The van der Waals surface area contributed by atoms with Crippen LogP contribution in [0.5, 0.6) is 0 Å². The molecule has 0 saturated heterocycles. The number of carboxylic acid groups (broad SMARTS) is 2. The highest BCUT2D eigenvalue weighted by Crippen LogP contribution is 2.23. The van der Waals surface area contributed by atoms with Gasteiger partial charge < -0.3 is 21.3 Å². The maximum atomic E-state index is 12.5. The van der Waals surface area contributed by atoms with E-state index in [1.54, 1.807) is 0 Å². The number of nitrogens with two attached hydrogens (primary N) is 1. The van der Waals surface area contributed by atoms with Crippen LogP contribution in [0.2, 0.25) is 0 Å². The maximum Gasteiger partial charge on any atom is 0.414 e. The molecule has 0 bridgehead atoms. The lowest BCUT2D eigenvalue weighted by molar-refractivity contribution is -0.159. The first-order valence-corrected chi connectivity index (χ1v) is 5.33. The molecule has 1 atom stereocenters. The van der Waals surface area contributed by atoms with Crippen molar-refractivity contribution < 1.29 is 37.4 Å². The molecule has 10 heteroatoms. The smallest absolute Gasteiger partial charge is 0.414 e. The van der Waals surface area contributed by atoms with Gasteiger partial charge in [0, 0.05) is 12.2 Å². The summed E-state index contributed by atoms with van der Waals surface area (Å²) in [5.41, 5.74) is 5.16. The van der Waals surface area contributed by atoms with E-state index in [1.165, 1.54) is 12.1 Å². The molecule has 0 aliphatic rings. The standard InChI is InChI=1S/C9H10F4N2.C2H2O4/c10-6-1-3-7(4-2-6)15-8(5-14)9(11,12)13;3-1(4)2(5)6/h1-4,8,15H,5,14H2;(H,3,4)(H,5,6). The van der Waals surface area contributed by atoms with Gasteiger partial charge in [0.15, 0.2) is 0 Å². The average Bonchev–Trinajstić information content (AvgIpc) is 2.37. The van der Waals surface area contributed by atoms with E-state index in [2.05, 4.69) is 5.32 Å². The molecule has 0 fully saturated rings.